The van der Waals surface area contributed by atoms with E-state index in [1.54, 1.807) is 11.3 Å². The molecule has 0 amide bonds. The molecule has 4 heteroatoms. The molecular weight excluding hydrogens is 216 g/mol. The molecule has 1 rings (SSSR count). The Hall–Kier alpha value is -0.120. The van der Waals surface area contributed by atoms with Crippen LogP contribution in [-0.2, 0) is 6.54 Å². The molecule has 2 atom stereocenters. The lowest BCUT2D eigenvalue weighted by Gasteiger charge is -2.18. The van der Waals surface area contributed by atoms with Crippen LogP contribution >= 0.6 is 22.9 Å². The van der Waals surface area contributed by atoms with Gasteiger partial charge in [0, 0.05) is 23.8 Å². The third-order valence-electron chi connectivity index (χ3n) is 2.37. The zero-order valence-electron chi connectivity index (χ0n) is 8.88. The summed E-state index contributed by atoms with van der Waals surface area (Å²) < 4.78 is 0. The second kappa shape index (κ2) is 5.69. The Bertz CT molecular complexity index is 275. The van der Waals surface area contributed by atoms with E-state index in [9.17, 15) is 0 Å². The predicted molar refractivity (Wildman–Crippen MR) is 63.0 cm³/mol. The number of aromatic nitrogens is 1. The minimum absolute atomic E-state index is 0.439. The normalized spacial score (nSPS) is 15.4. The van der Waals surface area contributed by atoms with Gasteiger partial charge < -0.3 is 5.32 Å². The highest BCUT2D eigenvalue weighted by atomic mass is 35.5. The zero-order chi connectivity index (χ0) is 10.6. The molecule has 0 spiro atoms. The molecule has 1 aromatic rings. The zero-order valence-corrected chi connectivity index (χ0v) is 10.5. The third-order valence-corrected chi connectivity index (χ3v) is 3.68. The Balaban J connectivity index is 2.33. The van der Waals surface area contributed by atoms with Gasteiger partial charge in [-0.2, -0.15) is 0 Å². The van der Waals surface area contributed by atoms with Crippen LogP contribution in [0.3, 0.4) is 0 Å². The molecule has 0 fully saturated rings. The molecule has 1 aromatic heterocycles. The molecule has 0 bridgehead atoms. The van der Waals surface area contributed by atoms with Crippen LogP contribution in [0.1, 0.15) is 24.5 Å². The second-order valence-corrected chi connectivity index (χ2v) is 5.03. The number of aryl methyl sites for hydroxylation is 1. The summed E-state index contributed by atoms with van der Waals surface area (Å²) in [4.78, 5) is 4.39. The third kappa shape index (κ3) is 3.56. The Kier molecular flexibility index (Phi) is 4.85. The van der Waals surface area contributed by atoms with Crippen LogP contribution in [0.5, 0.6) is 0 Å². The summed E-state index contributed by atoms with van der Waals surface area (Å²) in [6.45, 7) is 7.18. The van der Waals surface area contributed by atoms with Crippen LogP contribution in [-0.4, -0.2) is 16.9 Å². The first kappa shape index (κ1) is 12.0. The largest absolute Gasteiger partial charge is 0.308 e. The van der Waals surface area contributed by atoms with Crippen molar-refractivity contribution in [2.45, 2.75) is 33.4 Å². The monoisotopic (exact) mass is 232 g/mol. The minimum Gasteiger partial charge on any atom is -0.308 e. The smallest absolute Gasteiger partial charge is 0.0897 e. The second-order valence-electron chi connectivity index (χ2n) is 3.66. The van der Waals surface area contributed by atoms with Crippen LogP contribution in [0.25, 0.3) is 0 Å². The van der Waals surface area contributed by atoms with Crippen molar-refractivity contribution in [1.82, 2.24) is 10.3 Å². The van der Waals surface area contributed by atoms with E-state index < -0.39 is 0 Å². The Morgan fingerprint density at radius 3 is 2.79 bits per heavy atom. The Morgan fingerprint density at radius 2 is 2.29 bits per heavy atom. The molecule has 0 aromatic carbocycles. The molecule has 0 aliphatic carbocycles. The van der Waals surface area contributed by atoms with Crippen molar-refractivity contribution < 1.29 is 0 Å². The summed E-state index contributed by atoms with van der Waals surface area (Å²) in [6, 6.07) is 0.439. The SMILES string of the molecule is Cc1nc(CNC(C)C(C)CCl)cs1. The summed E-state index contributed by atoms with van der Waals surface area (Å²) in [7, 11) is 0. The van der Waals surface area contributed by atoms with Gasteiger partial charge >= 0.3 is 0 Å². The summed E-state index contributed by atoms with van der Waals surface area (Å²) in [5.74, 6) is 1.20. The van der Waals surface area contributed by atoms with Gasteiger partial charge in [0.2, 0.25) is 0 Å². The van der Waals surface area contributed by atoms with Gasteiger partial charge in [0.05, 0.1) is 10.7 Å². The maximum absolute atomic E-state index is 5.78. The van der Waals surface area contributed by atoms with Crippen molar-refractivity contribution in [3.05, 3.63) is 16.1 Å². The van der Waals surface area contributed by atoms with Gasteiger partial charge in [-0.15, -0.1) is 22.9 Å². The van der Waals surface area contributed by atoms with E-state index in [4.69, 9.17) is 11.6 Å². The summed E-state index contributed by atoms with van der Waals surface area (Å²) in [6.07, 6.45) is 0. The molecule has 0 saturated heterocycles. The summed E-state index contributed by atoms with van der Waals surface area (Å²) in [5.41, 5.74) is 1.13. The van der Waals surface area contributed by atoms with E-state index in [1.807, 2.05) is 6.92 Å². The van der Waals surface area contributed by atoms with E-state index in [-0.39, 0.29) is 0 Å². The molecule has 0 aliphatic rings. The predicted octanol–water partition coefficient (Wildman–Crippen LogP) is 2.80. The lowest BCUT2D eigenvalue weighted by Crippen LogP contribution is -2.32. The van der Waals surface area contributed by atoms with E-state index >= 15 is 0 Å². The van der Waals surface area contributed by atoms with Crippen LogP contribution < -0.4 is 5.32 Å². The topological polar surface area (TPSA) is 24.9 Å². The van der Waals surface area contributed by atoms with Crippen LogP contribution in [0.2, 0.25) is 0 Å². The first-order chi connectivity index (χ1) is 6.63. The summed E-state index contributed by atoms with van der Waals surface area (Å²) >= 11 is 7.47. The molecule has 2 nitrogen and oxygen atoms in total. The molecule has 1 N–H and O–H groups in total. The fourth-order valence-electron chi connectivity index (χ4n) is 1.09. The van der Waals surface area contributed by atoms with Gasteiger partial charge in [-0.1, -0.05) is 6.92 Å². The summed E-state index contributed by atoms with van der Waals surface area (Å²) in [5, 5.41) is 6.65. The number of hydrogen-bond acceptors (Lipinski definition) is 3. The molecular formula is C10H17ClN2S. The molecule has 1 heterocycles. The number of nitrogens with one attached hydrogen (secondary N) is 1. The van der Waals surface area contributed by atoms with Gasteiger partial charge in [-0.3, -0.25) is 0 Å². The average Bonchev–Trinajstić information content (AvgIpc) is 2.59. The molecule has 0 radical (unpaired) electrons. The number of nitrogens with zero attached hydrogens (tertiary/aromatic N) is 1. The van der Waals surface area contributed by atoms with Crippen molar-refractivity contribution >= 4 is 22.9 Å². The number of hydrogen-bond donors (Lipinski definition) is 1. The van der Waals surface area contributed by atoms with E-state index in [1.165, 1.54) is 0 Å². The van der Waals surface area contributed by atoms with E-state index in [2.05, 4.69) is 29.5 Å². The fourth-order valence-corrected chi connectivity index (χ4v) is 1.97. The van der Waals surface area contributed by atoms with Gasteiger partial charge in [0.15, 0.2) is 0 Å². The highest BCUT2D eigenvalue weighted by Crippen LogP contribution is 2.09. The molecule has 2 unspecified atom stereocenters. The Labute approximate surface area is 94.7 Å². The fraction of sp³-hybridized carbons (Fsp3) is 0.700. The van der Waals surface area contributed by atoms with Gasteiger partial charge in [-0.25, -0.2) is 4.98 Å². The van der Waals surface area contributed by atoms with E-state index in [0.29, 0.717) is 17.8 Å². The van der Waals surface area contributed by atoms with Crippen molar-refractivity contribution in [2.75, 3.05) is 5.88 Å². The van der Waals surface area contributed by atoms with Crippen molar-refractivity contribution in [1.29, 1.82) is 0 Å². The standard InChI is InChI=1S/C10H17ClN2S/c1-7(4-11)8(2)12-5-10-6-14-9(3)13-10/h6-8,12H,4-5H2,1-3H3. The maximum Gasteiger partial charge on any atom is 0.0897 e. The maximum atomic E-state index is 5.78. The lowest BCUT2D eigenvalue weighted by molar-refractivity contribution is 0.428. The van der Waals surface area contributed by atoms with E-state index in [0.717, 1.165) is 17.2 Å². The first-order valence-electron chi connectivity index (χ1n) is 4.84. The van der Waals surface area contributed by atoms with Crippen LogP contribution in [0.15, 0.2) is 5.38 Å². The Morgan fingerprint density at radius 1 is 1.57 bits per heavy atom. The number of halogens is 1. The molecule has 80 valence electrons. The lowest BCUT2D eigenvalue weighted by atomic mass is 10.1. The van der Waals surface area contributed by atoms with Crippen molar-refractivity contribution in [3.63, 3.8) is 0 Å². The molecule has 14 heavy (non-hydrogen) atoms. The van der Waals surface area contributed by atoms with Crippen molar-refractivity contribution in [3.8, 4) is 0 Å². The number of rotatable bonds is 5. The minimum atomic E-state index is 0.439. The average molecular weight is 233 g/mol. The number of alkyl halides is 1. The van der Waals surface area contributed by atoms with Crippen LogP contribution in [0.4, 0.5) is 0 Å². The quantitative estimate of drug-likeness (QED) is 0.790. The van der Waals surface area contributed by atoms with Crippen LogP contribution in [0, 0.1) is 12.8 Å². The van der Waals surface area contributed by atoms with Gasteiger partial charge in [0.1, 0.15) is 0 Å². The molecule has 0 aliphatic heterocycles. The van der Waals surface area contributed by atoms with Gasteiger partial charge in [0.25, 0.3) is 0 Å². The highest BCUT2D eigenvalue weighted by molar-refractivity contribution is 7.09. The first-order valence-corrected chi connectivity index (χ1v) is 6.25. The molecule has 0 saturated carbocycles. The highest BCUT2D eigenvalue weighted by Gasteiger charge is 2.10. The number of thiazole rings is 1. The van der Waals surface area contributed by atoms with Gasteiger partial charge in [-0.05, 0) is 19.8 Å². The van der Waals surface area contributed by atoms with Crippen molar-refractivity contribution in [2.24, 2.45) is 5.92 Å².